The number of sulfone groups is 1. The van der Waals surface area contributed by atoms with Crippen LogP contribution in [0.4, 0.5) is 0 Å². The lowest BCUT2D eigenvalue weighted by Crippen LogP contribution is -2.45. The fourth-order valence-corrected chi connectivity index (χ4v) is 7.42. The molecule has 4 nitrogen and oxygen atoms in total. The summed E-state index contributed by atoms with van der Waals surface area (Å²) < 4.78 is 32.0. The third kappa shape index (κ3) is 5.04. The van der Waals surface area contributed by atoms with Gasteiger partial charge in [-0.15, -0.1) is 0 Å². The topological polar surface area (TPSA) is 46.6 Å². The third-order valence-corrected chi connectivity index (χ3v) is 9.69. The molecule has 4 rings (SSSR count). The van der Waals surface area contributed by atoms with Crippen LogP contribution in [0.1, 0.15) is 70.8 Å². The van der Waals surface area contributed by atoms with Crippen molar-refractivity contribution >= 4 is 9.84 Å². The monoisotopic (exact) mass is 455 g/mol. The maximum atomic E-state index is 13.3. The van der Waals surface area contributed by atoms with Gasteiger partial charge in [-0.05, 0) is 102 Å². The highest BCUT2D eigenvalue weighted by Gasteiger charge is 2.48. The predicted molar refractivity (Wildman–Crippen MR) is 130 cm³/mol. The van der Waals surface area contributed by atoms with Crippen LogP contribution in [0.5, 0.6) is 5.75 Å². The normalized spacial score (nSPS) is 21.3. The summed E-state index contributed by atoms with van der Waals surface area (Å²) in [6, 6.07) is 17.6. The maximum absolute atomic E-state index is 13.3. The maximum Gasteiger partial charge on any atom is 0.184 e. The van der Waals surface area contributed by atoms with E-state index >= 15 is 0 Å². The van der Waals surface area contributed by atoms with Crippen molar-refractivity contribution in [2.75, 3.05) is 19.6 Å². The van der Waals surface area contributed by atoms with Crippen molar-refractivity contribution in [1.29, 1.82) is 0 Å². The molecule has 1 atom stereocenters. The fourth-order valence-electron chi connectivity index (χ4n) is 5.17. The van der Waals surface area contributed by atoms with Crippen molar-refractivity contribution in [3.8, 4) is 5.75 Å². The van der Waals surface area contributed by atoms with Crippen LogP contribution in [-0.2, 0) is 9.84 Å². The number of rotatable bonds is 8. The molecule has 0 N–H and O–H groups in total. The Labute approximate surface area is 193 Å². The van der Waals surface area contributed by atoms with Crippen LogP contribution in [0.2, 0.25) is 0 Å². The minimum absolute atomic E-state index is 0.183. The van der Waals surface area contributed by atoms with Gasteiger partial charge < -0.3 is 9.64 Å². The smallest absolute Gasteiger partial charge is 0.184 e. The summed E-state index contributed by atoms with van der Waals surface area (Å²) >= 11 is 0. The Morgan fingerprint density at radius 1 is 1.03 bits per heavy atom. The lowest BCUT2D eigenvalue weighted by Gasteiger charge is -2.41. The second-order valence-electron chi connectivity index (χ2n) is 10.5. The molecule has 1 heterocycles. The Morgan fingerprint density at radius 2 is 1.72 bits per heavy atom. The number of benzene rings is 2. The second-order valence-corrected chi connectivity index (χ2v) is 12.9. The molecule has 2 aromatic carbocycles. The Kier molecular flexibility index (Phi) is 6.69. The molecular formula is C27H37NO3S. The molecule has 0 radical (unpaired) electrons. The molecule has 2 fully saturated rings. The lowest BCUT2D eigenvalue weighted by atomic mass is 9.81. The number of hydrogen-bond donors (Lipinski definition) is 0. The van der Waals surface area contributed by atoms with Crippen molar-refractivity contribution in [2.45, 2.75) is 80.5 Å². The van der Waals surface area contributed by atoms with E-state index in [0.29, 0.717) is 10.8 Å². The second kappa shape index (κ2) is 9.18. The first kappa shape index (κ1) is 23.3. The van der Waals surface area contributed by atoms with Crippen LogP contribution in [0, 0.1) is 0 Å². The number of likely N-dealkylation sites (tertiary alicyclic amines) is 1. The van der Waals surface area contributed by atoms with Crippen LogP contribution in [0.15, 0.2) is 59.5 Å². The van der Waals surface area contributed by atoms with Gasteiger partial charge in [0, 0.05) is 6.54 Å². The highest BCUT2D eigenvalue weighted by Crippen LogP contribution is 2.46. The van der Waals surface area contributed by atoms with Gasteiger partial charge in [-0.2, -0.15) is 0 Å². The minimum atomic E-state index is -3.26. The van der Waals surface area contributed by atoms with Crippen molar-refractivity contribution in [3.63, 3.8) is 0 Å². The molecule has 2 aromatic rings. The van der Waals surface area contributed by atoms with E-state index in [1.54, 1.807) is 12.1 Å². The van der Waals surface area contributed by atoms with E-state index in [2.05, 4.69) is 49.9 Å². The molecule has 1 saturated heterocycles. The summed E-state index contributed by atoms with van der Waals surface area (Å²) in [5.41, 5.74) is 1.19. The first-order chi connectivity index (χ1) is 15.2. The molecule has 1 unspecified atom stereocenters. The summed E-state index contributed by atoms with van der Waals surface area (Å²) in [5, 5.41) is 0. The largest absolute Gasteiger partial charge is 0.488 e. The summed E-state index contributed by atoms with van der Waals surface area (Å²) in [6.45, 7) is 9.31. The molecule has 0 amide bonds. The summed E-state index contributed by atoms with van der Waals surface area (Å²) in [6.07, 6.45) is 5.49. The van der Waals surface area contributed by atoms with E-state index in [1.807, 2.05) is 18.2 Å². The molecule has 5 heteroatoms. The molecule has 174 valence electrons. The zero-order chi connectivity index (χ0) is 22.8. The number of nitrogens with zero attached hydrogens (tertiary/aromatic N) is 1. The zero-order valence-corrected chi connectivity index (χ0v) is 20.5. The minimum Gasteiger partial charge on any atom is -0.488 e. The SMILES string of the molecule is CC(C)(C)Oc1ccc(C2CCN(CCCC3(S(=O)(=O)c4ccccc4)CCC3)C2)cc1. The van der Waals surface area contributed by atoms with E-state index in [9.17, 15) is 8.42 Å². The van der Waals surface area contributed by atoms with Crippen molar-refractivity contribution in [1.82, 2.24) is 4.90 Å². The molecular weight excluding hydrogens is 418 g/mol. The van der Waals surface area contributed by atoms with Crippen molar-refractivity contribution < 1.29 is 13.2 Å². The zero-order valence-electron chi connectivity index (χ0n) is 19.7. The Balaban J connectivity index is 1.30. The van der Waals surface area contributed by atoms with Crippen LogP contribution in [0.25, 0.3) is 0 Å². The number of ether oxygens (including phenoxy) is 1. The highest BCUT2D eigenvalue weighted by atomic mass is 32.2. The molecule has 32 heavy (non-hydrogen) atoms. The first-order valence-corrected chi connectivity index (χ1v) is 13.5. The van der Waals surface area contributed by atoms with Gasteiger partial charge >= 0.3 is 0 Å². The molecule has 1 saturated carbocycles. The van der Waals surface area contributed by atoms with Crippen LogP contribution in [-0.4, -0.2) is 43.3 Å². The quantitative estimate of drug-likeness (QED) is 0.502. The third-order valence-electron chi connectivity index (χ3n) is 7.04. The van der Waals surface area contributed by atoms with E-state index < -0.39 is 14.6 Å². The molecule has 0 bridgehead atoms. The van der Waals surface area contributed by atoms with Gasteiger partial charge in [0.15, 0.2) is 9.84 Å². The lowest BCUT2D eigenvalue weighted by molar-refractivity contribution is 0.131. The van der Waals surface area contributed by atoms with Crippen LogP contribution in [0.3, 0.4) is 0 Å². The molecule has 2 aliphatic rings. The van der Waals surface area contributed by atoms with Crippen molar-refractivity contribution in [2.24, 2.45) is 0 Å². The molecule has 0 aromatic heterocycles. The fraction of sp³-hybridized carbons (Fsp3) is 0.556. The van der Waals surface area contributed by atoms with Crippen molar-refractivity contribution in [3.05, 3.63) is 60.2 Å². The Hall–Kier alpha value is -1.85. The summed E-state index contributed by atoms with van der Waals surface area (Å²) in [7, 11) is -3.26. The first-order valence-electron chi connectivity index (χ1n) is 12.0. The van der Waals surface area contributed by atoms with Gasteiger partial charge in [-0.25, -0.2) is 8.42 Å². The standard InChI is InChI=1S/C27H37NO3S/c1-26(2,3)31-24-13-11-22(12-14-24)23-15-20-28(21-23)19-8-18-27(16-7-17-27)32(29,30)25-9-5-4-6-10-25/h4-6,9-14,23H,7-8,15-21H2,1-3H3. The molecule has 1 aliphatic carbocycles. The molecule has 0 spiro atoms. The number of hydrogen-bond acceptors (Lipinski definition) is 4. The van der Waals surface area contributed by atoms with E-state index in [4.69, 9.17) is 4.74 Å². The average molecular weight is 456 g/mol. The van der Waals surface area contributed by atoms with E-state index in [-0.39, 0.29) is 5.60 Å². The van der Waals surface area contributed by atoms with E-state index in [1.165, 1.54) is 5.56 Å². The van der Waals surface area contributed by atoms with Gasteiger partial charge in [-0.3, -0.25) is 0 Å². The highest BCUT2D eigenvalue weighted by molar-refractivity contribution is 7.93. The van der Waals surface area contributed by atoms with Gasteiger partial charge in [-0.1, -0.05) is 36.8 Å². The van der Waals surface area contributed by atoms with Gasteiger partial charge in [0.1, 0.15) is 11.4 Å². The molecule has 1 aliphatic heterocycles. The van der Waals surface area contributed by atoms with Gasteiger partial charge in [0.25, 0.3) is 0 Å². The van der Waals surface area contributed by atoms with Gasteiger partial charge in [0.05, 0.1) is 9.64 Å². The van der Waals surface area contributed by atoms with Crippen LogP contribution >= 0.6 is 0 Å². The van der Waals surface area contributed by atoms with Crippen LogP contribution < -0.4 is 4.74 Å². The average Bonchev–Trinajstić information content (AvgIpc) is 3.18. The van der Waals surface area contributed by atoms with E-state index in [0.717, 1.165) is 63.9 Å². The summed E-state index contributed by atoms with van der Waals surface area (Å²) in [5.74, 6) is 1.46. The Morgan fingerprint density at radius 3 is 2.31 bits per heavy atom. The Bertz CT molecular complexity index is 989. The van der Waals surface area contributed by atoms with Gasteiger partial charge in [0.2, 0.25) is 0 Å². The predicted octanol–water partition coefficient (Wildman–Crippen LogP) is 5.83. The summed E-state index contributed by atoms with van der Waals surface area (Å²) in [4.78, 5) is 2.99.